The summed E-state index contributed by atoms with van der Waals surface area (Å²) in [5, 5.41) is 0. The molecular formula is C2H4O3Se. The van der Waals surface area contributed by atoms with Crippen LogP contribution in [-0.4, -0.2) is 27.7 Å². The second-order valence-corrected chi connectivity index (χ2v) is 2.69. The SMILES string of the molecule is O=[Se]1OCCO1. The molecule has 0 aromatic heterocycles. The average Bonchev–Trinajstić information content (AvgIpc) is 1.86. The van der Waals surface area contributed by atoms with Gasteiger partial charge in [-0.1, -0.05) is 0 Å². The average molecular weight is 155 g/mol. The second-order valence-electron chi connectivity index (χ2n) is 0.848. The third-order valence-corrected chi connectivity index (χ3v) is 1.95. The fourth-order valence-corrected chi connectivity index (χ4v) is 1.24. The summed E-state index contributed by atoms with van der Waals surface area (Å²) >= 11 is -2.19. The first-order valence-electron chi connectivity index (χ1n) is 1.58. The van der Waals surface area contributed by atoms with Crippen LogP contribution in [0.5, 0.6) is 0 Å². The predicted molar refractivity (Wildman–Crippen MR) is 18.3 cm³/mol. The fourth-order valence-electron chi connectivity index (χ4n) is 0.238. The quantitative estimate of drug-likeness (QED) is 0.440. The summed E-state index contributed by atoms with van der Waals surface area (Å²) in [6.07, 6.45) is 0. The Bertz CT molecular complexity index is 63.2. The molecule has 1 heterocycles. The van der Waals surface area contributed by atoms with E-state index in [2.05, 4.69) is 7.64 Å². The molecule has 0 aromatic carbocycles. The van der Waals surface area contributed by atoms with E-state index in [0.717, 1.165) is 0 Å². The van der Waals surface area contributed by atoms with Crippen molar-refractivity contribution in [2.45, 2.75) is 0 Å². The van der Waals surface area contributed by atoms with Crippen molar-refractivity contribution < 1.29 is 11.5 Å². The van der Waals surface area contributed by atoms with Crippen LogP contribution in [0.15, 0.2) is 0 Å². The minimum absolute atomic E-state index is 0.508. The van der Waals surface area contributed by atoms with Crippen LogP contribution in [0.25, 0.3) is 0 Å². The van der Waals surface area contributed by atoms with Crippen LogP contribution in [0.2, 0.25) is 0 Å². The molecule has 3 nitrogen and oxygen atoms in total. The molecule has 0 spiro atoms. The Hall–Kier alpha value is 0.239. The number of rotatable bonds is 0. The van der Waals surface area contributed by atoms with Crippen molar-refractivity contribution in [2.24, 2.45) is 0 Å². The topological polar surface area (TPSA) is 35.5 Å². The molecule has 0 bridgehead atoms. The predicted octanol–water partition coefficient (Wildman–Crippen LogP) is -0.551. The van der Waals surface area contributed by atoms with Crippen molar-refractivity contribution >= 4 is 14.5 Å². The molecule has 1 fully saturated rings. The first-order chi connectivity index (χ1) is 2.89. The third kappa shape index (κ3) is 0.849. The molecule has 0 aliphatic carbocycles. The normalized spacial score (nSPS) is 25.3. The van der Waals surface area contributed by atoms with Crippen molar-refractivity contribution in [3.8, 4) is 0 Å². The van der Waals surface area contributed by atoms with Crippen molar-refractivity contribution in [3.63, 3.8) is 0 Å². The first kappa shape index (κ1) is 4.40. The van der Waals surface area contributed by atoms with E-state index in [1.165, 1.54) is 0 Å². The first-order valence-corrected chi connectivity index (χ1v) is 3.68. The molecule has 0 radical (unpaired) electrons. The van der Waals surface area contributed by atoms with Gasteiger partial charge in [-0.3, -0.25) is 0 Å². The summed E-state index contributed by atoms with van der Waals surface area (Å²) < 4.78 is 19.0. The van der Waals surface area contributed by atoms with E-state index >= 15 is 0 Å². The van der Waals surface area contributed by atoms with Gasteiger partial charge in [0.1, 0.15) is 0 Å². The summed E-state index contributed by atoms with van der Waals surface area (Å²) in [5.41, 5.74) is 0. The van der Waals surface area contributed by atoms with E-state index in [1.54, 1.807) is 0 Å². The van der Waals surface area contributed by atoms with Crippen LogP contribution in [0.1, 0.15) is 0 Å². The Kier molecular flexibility index (Phi) is 1.32. The number of hydrogen-bond donors (Lipinski definition) is 0. The van der Waals surface area contributed by atoms with E-state index in [4.69, 9.17) is 0 Å². The zero-order chi connectivity index (χ0) is 4.41. The molecule has 1 rings (SSSR count). The molecule has 0 N–H and O–H groups in total. The molecule has 1 saturated heterocycles. The van der Waals surface area contributed by atoms with E-state index in [9.17, 15) is 3.83 Å². The van der Waals surface area contributed by atoms with Crippen LogP contribution in [-0.2, 0) is 11.5 Å². The van der Waals surface area contributed by atoms with Gasteiger partial charge in [0.05, 0.1) is 0 Å². The minimum atomic E-state index is -2.19. The number of hydrogen-bond acceptors (Lipinski definition) is 3. The molecule has 4 heteroatoms. The Balaban J connectivity index is 2.37. The van der Waals surface area contributed by atoms with Crippen molar-refractivity contribution in [1.82, 2.24) is 0 Å². The van der Waals surface area contributed by atoms with Gasteiger partial charge in [0.15, 0.2) is 0 Å². The van der Waals surface area contributed by atoms with Crippen LogP contribution in [0.3, 0.4) is 0 Å². The zero-order valence-electron chi connectivity index (χ0n) is 3.05. The van der Waals surface area contributed by atoms with Crippen molar-refractivity contribution in [1.29, 1.82) is 0 Å². The van der Waals surface area contributed by atoms with E-state index in [-0.39, 0.29) is 0 Å². The molecule has 36 valence electrons. The Labute approximate surface area is 40.0 Å². The summed E-state index contributed by atoms with van der Waals surface area (Å²) in [6.45, 7) is 1.02. The summed E-state index contributed by atoms with van der Waals surface area (Å²) in [7, 11) is 0. The molecule has 0 saturated carbocycles. The van der Waals surface area contributed by atoms with E-state index < -0.39 is 14.5 Å². The Morgan fingerprint density at radius 2 is 1.83 bits per heavy atom. The second kappa shape index (κ2) is 1.80. The van der Waals surface area contributed by atoms with Gasteiger partial charge in [0.2, 0.25) is 0 Å². The van der Waals surface area contributed by atoms with Gasteiger partial charge >= 0.3 is 39.2 Å². The maximum atomic E-state index is 10.0. The van der Waals surface area contributed by atoms with Crippen LogP contribution < -0.4 is 0 Å². The van der Waals surface area contributed by atoms with Crippen LogP contribution >= 0.6 is 0 Å². The summed E-state index contributed by atoms with van der Waals surface area (Å²) in [5.74, 6) is 0. The van der Waals surface area contributed by atoms with Crippen molar-refractivity contribution in [3.05, 3.63) is 0 Å². The van der Waals surface area contributed by atoms with Gasteiger partial charge < -0.3 is 0 Å². The summed E-state index contributed by atoms with van der Waals surface area (Å²) in [4.78, 5) is 0. The van der Waals surface area contributed by atoms with Gasteiger partial charge in [-0.2, -0.15) is 0 Å². The van der Waals surface area contributed by atoms with Gasteiger partial charge in [-0.15, -0.1) is 0 Å². The molecule has 0 amide bonds. The molecule has 1 aliphatic heterocycles. The molecular weight excluding hydrogens is 151 g/mol. The third-order valence-electron chi connectivity index (χ3n) is 0.442. The molecule has 6 heavy (non-hydrogen) atoms. The molecule has 0 aromatic rings. The van der Waals surface area contributed by atoms with Gasteiger partial charge in [-0.25, -0.2) is 0 Å². The fraction of sp³-hybridized carbons (Fsp3) is 1.00. The molecule has 1 aliphatic rings. The van der Waals surface area contributed by atoms with Crippen molar-refractivity contribution in [2.75, 3.05) is 13.2 Å². The standard InChI is InChI=1S/C2H4O3Se/c3-6-4-1-2-5-6/h1-2H2. The van der Waals surface area contributed by atoms with Crippen LogP contribution in [0, 0.1) is 0 Å². The Morgan fingerprint density at radius 1 is 1.33 bits per heavy atom. The summed E-state index contributed by atoms with van der Waals surface area (Å²) in [6, 6.07) is 0. The monoisotopic (exact) mass is 156 g/mol. The van der Waals surface area contributed by atoms with Gasteiger partial charge in [0.25, 0.3) is 0 Å². The molecule has 0 unspecified atom stereocenters. The van der Waals surface area contributed by atoms with Crippen LogP contribution in [0.4, 0.5) is 0 Å². The van der Waals surface area contributed by atoms with Gasteiger partial charge in [-0.05, 0) is 0 Å². The van der Waals surface area contributed by atoms with Gasteiger partial charge in [0, 0.05) is 0 Å². The molecule has 0 atom stereocenters. The zero-order valence-corrected chi connectivity index (χ0v) is 4.76. The van der Waals surface area contributed by atoms with E-state index in [0.29, 0.717) is 13.2 Å². The Morgan fingerprint density at radius 3 is 2.00 bits per heavy atom. The maximum absolute atomic E-state index is 10.0. The van der Waals surface area contributed by atoms with E-state index in [1.807, 2.05) is 0 Å².